The lowest BCUT2D eigenvalue weighted by Crippen LogP contribution is -2.60. The lowest BCUT2D eigenvalue weighted by atomic mass is 9.77. The number of aliphatic hydroxyl groups is 5. The van der Waals surface area contributed by atoms with Gasteiger partial charge in [-0.15, -0.1) is 0 Å². The highest BCUT2D eigenvalue weighted by molar-refractivity contribution is 5.73. The highest BCUT2D eigenvalue weighted by Gasteiger charge is 2.52. The molecule has 15 heteroatoms. The van der Waals surface area contributed by atoms with Gasteiger partial charge in [-0.25, -0.2) is 0 Å². The molecular weight excluding hydrogens is 764 g/mol. The first-order chi connectivity index (χ1) is 26.9. The molecule has 4 fully saturated rings. The van der Waals surface area contributed by atoms with Crippen molar-refractivity contribution in [2.24, 2.45) is 17.8 Å². The van der Waals surface area contributed by atoms with Gasteiger partial charge in [0, 0.05) is 38.1 Å². The van der Waals surface area contributed by atoms with E-state index in [1.54, 1.807) is 41.5 Å². The van der Waals surface area contributed by atoms with Crippen molar-refractivity contribution in [2.75, 3.05) is 34.8 Å². The Kier molecular flexibility index (Phi) is 21.1. The second kappa shape index (κ2) is 23.0. The summed E-state index contributed by atoms with van der Waals surface area (Å²) in [6.45, 7) is 18.0. The van der Waals surface area contributed by atoms with Gasteiger partial charge in [0.2, 0.25) is 0 Å². The van der Waals surface area contributed by atoms with Gasteiger partial charge in [0.1, 0.15) is 30.0 Å². The molecule has 0 spiro atoms. The van der Waals surface area contributed by atoms with Crippen LogP contribution in [0.1, 0.15) is 133 Å². The van der Waals surface area contributed by atoms with Crippen LogP contribution in [0.3, 0.4) is 0 Å². The number of esters is 1. The van der Waals surface area contributed by atoms with Crippen molar-refractivity contribution in [1.82, 2.24) is 9.80 Å². The van der Waals surface area contributed by atoms with Crippen molar-refractivity contribution in [1.29, 1.82) is 0 Å². The number of methoxy groups -OCH3 is 1. The number of aliphatic hydroxyl groups excluding tert-OH is 3. The Bertz CT molecular complexity index is 1230. The quantitative estimate of drug-likeness (QED) is 0.233. The topological polar surface area (TPSA) is 212 Å². The molecule has 0 unspecified atom stereocenters. The summed E-state index contributed by atoms with van der Waals surface area (Å²) in [7, 11) is 7.12. The van der Waals surface area contributed by atoms with Crippen LogP contribution in [0.2, 0.25) is 0 Å². The average Bonchev–Trinajstić information content (AvgIpc) is 3.16. The Labute approximate surface area is 355 Å². The summed E-state index contributed by atoms with van der Waals surface area (Å²) in [5.74, 6) is -2.58. The summed E-state index contributed by atoms with van der Waals surface area (Å²) in [5, 5.41) is 58.1. The molecule has 4 aliphatic rings. The zero-order valence-corrected chi connectivity index (χ0v) is 38.9. The number of hydrogen-bond acceptors (Lipinski definition) is 14. The van der Waals surface area contributed by atoms with Crippen molar-refractivity contribution in [3.05, 3.63) is 0 Å². The summed E-state index contributed by atoms with van der Waals surface area (Å²) >= 11 is 0. The summed E-state index contributed by atoms with van der Waals surface area (Å²) in [4.78, 5) is 18.0. The molecule has 59 heavy (non-hydrogen) atoms. The van der Waals surface area contributed by atoms with E-state index in [9.17, 15) is 30.3 Å². The van der Waals surface area contributed by atoms with Crippen LogP contribution >= 0.6 is 0 Å². The van der Waals surface area contributed by atoms with E-state index >= 15 is 0 Å². The number of rotatable bonds is 7. The molecule has 7 N–H and O–H groups in total. The second-order valence-electron chi connectivity index (χ2n) is 19.3. The molecule has 0 aromatic heterocycles. The van der Waals surface area contributed by atoms with Gasteiger partial charge < -0.3 is 69.2 Å². The zero-order chi connectivity index (χ0) is 43.9. The Morgan fingerprint density at radius 1 is 0.864 bits per heavy atom. The van der Waals surface area contributed by atoms with Gasteiger partial charge in [-0.1, -0.05) is 59.3 Å². The highest BCUT2D eigenvalue weighted by Crippen LogP contribution is 2.40. The fourth-order valence-corrected chi connectivity index (χ4v) is 9.80. The fourth-order valence-electron chi connectivity index (χ4n) is 9.80. The number of ether oxygens (including phenoxy) is 6. The van der Waals surface area contributed by atoms with Crippen LogP contribution in [0, 0.1) is 17.8 Å². The van der Waals surface area contributed by atoms with Crippen LogP contribution in [0.25, 0.3) is 0 Å². The van der Waals surface area contributed by atoms with Crippen molar-refractivity contribution in [3.63, 3.8) is 0 Å². The minimum absolute atomic E-state index is 0. The average molecular weight is 851 g/mol. The summed E-state index contributed by atoms with van der Waals surface area (Å²) in [6.07, 6.45) is 0.810. The van der Waals surface area contributed by atoms with Crippen molar-refractivity contribution in [3.8, 4) is 0 Å². The molecular formula is C44H86N2O13. The second-order valence-corrected chi connectivity index (χ2v) is 19.3. The van der Waals surface area contributed by atoms with Gasteiger partial charge in [-0.2, -0.15) is 0 Å². The predicted octanol–water partition coefficient (Wildman–Crippen LogP) is 3.42. The van der Waals surface area contributed by atoms with Gasteiger partial charge in [0.25, 0.3) is 0 Å². The standard InChI is InChI=1S/C38H72N2O12.C6H12.H2O/c1-15-27-38(10,46)31(42)24(6)40(13)19-20(2)17-36(8,45)33(52-35-29(41)26(39(11)12)16-21(3)48-35)22(4)30(23(5)34(44)50-27)51-28-18-37(9,47-14)32(43)25(7)49-28;1-2-4-6-5-3-1;/h20-33,35,41-43,45-46H,15-19H2,1-14H3;1-6H2;1H2/t20-,21-,22+,23-,24-,25+,26+,27-,28+,29-,30+,31-,32+,33-,35+,36-,37-,38-;;/m1../s1. The van der Waals surface area contributed by atoms with Gasteiger partial charge in [-0.05, 0) is 94.8 Å². The molecule has 0 aromatic rings. The largest absolute Gasteiger partial charge is 0.459 e. The SMILES string of the molecule is C1CCCCC1.CC[C@H]1OC(=O)[C@H](C)[C@@H](O[C@H]2C[C@@](C)(OC)[C@@H](O)[C@H](C)O2)[C@H](C)[C@@H](O[C@@H]2O[C@H](C)C[C@H](N(C)C)[C@H]2O)[C@](C)(O)C[C@@H](C)CN(C)[C@H](C)[C@@H](O)[C@]1(C)O.O. The number of carbonyl (C=O) groups is 1. The molecule has 18 atom stereocenters. The van der Waals surface area contributed by atoms with Crippen LogP contribution in [-0.2, 0) is 33.2 Å². The number of cyclic esters (lactones) is 1. The Morgan fingerprint density at radius 2 is 1.42 bits per heavy atom. The molecule has 350 valence electrons. The van der Waals surface area contributed by atoms with Crippen molar-refractivity contribution in [2.45, 2.75) is 224 Å². The Morgan fingerprint density at radius 3 is 1.93 bits per heavy atom. The smallest absolute Gasteiger partial charge is 0.311 e. The minimum atomic E-state index is -1.80. The van der Waals surface area contributed by atoms with E-state index in [2.05, 4.69) is 0 Å². The zero-order valence-electron chi connectivity index (χ0n) is 38.9. The molecule has 1 saturated carbocycles. The van der Waals surface area contributed by atoms with Crippen LogP contribution in [0.15, 0.2) is 0 Å². The van der Waals surface area contributed by atoms with Gasteiger partial charge >= 0.3 is 5.97 Å². The summed E-state index contributed by atoms with van der Waals surface area (Å²) in [6, 6.07) is -0.808. The van der Waals surface area contributed by atoms with Crippen LogP contribution in [0.4, 0.5) is 0 Å². The van der Waals surface area contributed by atoms with Crippen LogP contribution < -0.4 is 0 Å². The summed E-state index contributed by atoms with van der Waals surface area (Å²) < 4.78 is 37.5. The van der Waals surface area contributed by atoms with Gasteiger partial charge in [0.15, 0.2) is 12.6 Å². The van der Waals surface area contributed by atoms with Gasteiger partial charge in [0.05, 0.1) is 41.5 Å². The first-order valence-corrected chi connectivity index (χ1v) is 22.1. The van der Waals surface area contributed by atoms with E-state index in [-0.39, 0.29) is 42.8 Å². The lowest BCUT2D eigenvalue weighted by molar-refractivity contribution is -0.318. The molecule has 3 heterocycles. The maximum Gasteiger partial charge on any atom is 0.311 e. The van der Waals surface area contributed by atoms with E-state index in [4.69, 9.17) is 28.4 Å². The lowest BCUT2D eigenvalue weighted by Gasteiger charge is -2.48. The third kappa shape index (κ3) is 13.7. The Hall–Kier alpha value is -1.05. The van der Waals surface area contributed by atoms with Crippen LogP contribution in [-0.4, -0.2) is 172 Å². The maximum absolute atomic E-state index is 14.2. The third-order valence-corrected chi connectivity index (χ3v) is 13.7. The van der Waals surface area contributed by atoms with Crippen LogP contribution in [0.5, 0.6) is 0 Å². The van der Waals surface area contributed by atoms with Crippen molar-refractivity contribution >= 4 is 5.97 Å². The van der Waals surface area contributed by atoms with E-state index in [0.29, 0.717) is 13.0 Å². The number of nitrogens with zero attached hydrogens (tertiary/aromatic N) is 2. The normalized spacial score (nSPS) is 46.2. The monoisotopic (exact) mass is 851 g/mol. The molecule has 3 saturated heterocycles. The molecule has 0 amide bonds. The minimum Gasteiger partial charge on any atom is -0.459 e. The first-order valence-electron chi connectivity index (χ1n) is 22.1. The molecule has 3 aliphatic heterocycles. The first kappa shape index (κ1) is 54.1. The molecule has 4 rings (SSSR count). The molecule has 15 nitrogen and oxygen atoms in total. The summed E-state index contributed by atoms with van der Waals surface area (Å²) in [5.41, 5.74) is -4.37. The number of likely N-dealkylation sites (N-methyl/N-ethyl adjacent to an activating group) is 2. The molecule has 1 aliphatic carbocycles. The molecule has 0 bridgehead atoms. The van der Waals surface area contributed by atoms with E-state index < -0.39 is 96.0 Å². The molecule has 0 aromatic carbocycles. The number of carbonyl (C=O) groups excluding carboxylic acids is 1. The Balaban J connectivity index is 0.00000157. The van der Waals surface area contributed by atoms with E-state index in [1.165, 1.54) is 52.6 Å². The van der Waals surface area contributed by atoms with Gasteiger partial charge in [-0.3, -0.25) is 4.79 Å². The third-order valence-electron chi connectivity index (χ3n) is 13.7. The maximum atomic E-state index is 14.2. The fraction of sp³-hybridized carbons (Fsp3) is 0.977. The highest BCUT2D eigenvalue weighted by atomic mass is 16.7. The molecule has 0 radical (unpaired) electrons. The van der Waals surface area contributed by atoms with E-state index in [0.717, 1.165) is 0 Å². The van der Waals surface area contributed by atoms with E-state index in [1.807, 2.05) is 51.7 Å². The predicted molar refractivity (Wildman–Crippen MR) is 225 cm³/mol. The van der Waals surface area contributed by atoms with Crippen molar-refractivity contribution < 1.29 is 64.2 Å². The number of hydrogen-bond donors (Lipinski definition) is 5.